The van der Waals surface area contributed by atoms with Crippen LogP contribution in [0.2, 0.25) is 0 Å². The lowest BCUT2D eigenvalue weighted by Gasteiger charge is -2.09. The summed E-state index contributed by atoms with van der Waals surface area (Å²) in [5.74, 6) is 0.786. The van der Waals surface area contributed by atoms with Crippen LogP contribution < -0.4 is 10.6 Å². The van der Waals surface area contributed by atoms with Gasteiger partial charge in [0.15, 0.2) is 11.5 Å². The molecule has 1 aliphatic rings. The van der Waals surface area contributed by atoms with E-state index in [0.717, 1.165) is 19.4 Å². The first-order chi connectivity index (χ1) is 9.33. The van der Waals surface area contributed by atoms with E-state index in [4.69, 9.17) is 8.94 Å². The number of hydrogen-bond donors (Lipinski definition) is 2. The highest BCUT2D eigenvalue weighted by Crippen LogP contribution is 2.20. The van der Waals surface area contributed by atoms with Gasteiger partial charge in [-0.25, -0.2) is 0 Å². The molecule has 1 saturated heterocycles. The van der Waals surface area contributed by atoms with Gasteiger partial charge in [0, 0.05) is 18.7 Å². The summed E-state index contributed by atoms with van der Waals surface area (Å²) < 4.78 is 10.3. The first-order valence-corrected chi connectivity index (χ1v) is 6.35. The molecule has 3 rings (SSSR count). The van der Waals surface area contributed by atoms with Crippen molar-refractivity contribution < 1.29 is 13.7 Å². The Kier molecular flexibility index (Phi) is 3.33. The number of furan rings is 1. The van der Waals surface area contributed by atoms with E-state index in [1.54, 1.807) is 24.5 Å². The largest absolute Gasteiger partial charge is 0.461 e. The van der Waals surface area contributed by atoms with Crippen molar-refractivity contribution in [3.8, 4) is 11.5 Å². The molecule has 0 spiro atoms. The fourth-order valence-electron chi connectivity index (χ4n) is 2.15. The number of nitrogens with zero attached hydrogens (tertiary/aromatic N) is 1. The third kappa shape index (κ3) is 2.68. The zero-order valence-corrected chi connectivity index (χ0v) is 10.4. The Balaban J connectivity index is 1.60. The number of aromatic nitrogens is 1. The molecular weight excluding hydrogens is 246 g/mol. The molecule has 0 aliphatic carbocycles. The highest BCUT2D eigenvalue weighted by atomic mass is 16.5. The first kappa shape index (κ1) is 12.0. The van der Waals surface area contributed by atoms with Crippen LogP contribution in [0.4, 0.5) is 0 Å². The van der Waals surface area contributed by atoms with Crippen molar-refractivity contribution in [2.24, 2.45) is 0 Å². The van der Waals surface area contributed by atoms with Crippen LogP contribution in [0.1, 0.15) is 23.3 Å². The standard InChI is InChI=1S/C13H15N3O3/c17-13(15-8-9-3-1-5-14-9)10-7-12(19-16-10)11-4-2-6-18-11/h2,4,6-7,9,14H,1,3,5,8H2,(H,15,17). The summed E-state index contributed by atoms with van der Waals surface area (Å²) in [4.78, 5) is 11.9. The van der Waals surface area contributed by atoms with Gasteiger partial charge in [-0.1, -0.05) is 5.16 Å². The zero-order valence-electron chi connectivity index (χ0n) is 10.4. The lowest BCUT2D eigenvalue weighted by molar-refractivity contribution is 0.0941. The Bertz CT molecular complexity index is 541. The van der Waals surface area contributed by atoms with E-state index in [-0.39, 0.29) is 11.6 Å². The van der Waals surface area contributed by atoms with Gasteiger partial charge in [-0.3, -0.25) is 4.79 Å². The molecule has 0 aromatic carbocycles. The van der Waals surface area contributed by atoms with Crippen molar-refractivity contribution in [2.75, 3.05) is 13.1 Å². The minimum Gasteiger partial charge on any atom is -0.461 e. The van der Waals surface area contributed by atoms with Gasteiger partial charge in [0.2, 0.25) is 5.76 Å². The molecule has 1 amide bonds. The molecule has 3 heterocycles. The van der Waals surface area contributed by atoms with Crippen LogP contribution in [0.15, 0.2) is 33.4 Å². The van der Waals surface area contributed by atoms with E-state index in [1.165, 1.54) is 0 Å². The first-order valence-electron chi connectivity index (χ1n) is 6.35. The maximum Gasteiger partial charge on any atom is 0.273 e. The molecule has 2 aromatic heterocycles. The third-order valence-electron chi connectivity index (χ3n) is 3.18. The summed E-state index contributed by atoms with van der Waals surface area (Å²) in [6.45, 7) is 1.63. The summed E-state index contributed by atoms with van der Waals surface area (Å²) in [6.07, 6.45) is 3.80. The molecule has 1 fully saturated rings. The van der Waals surface area contributed by atoms with Crippen molar-refractivity contribution in [1.29, 1.82) is 0 Å². The number of rotatable bonds is 4. The average molecular weight is 261 g/mol. The van der Waals surface area contributed by atoms with Crippen LogP contribution in [0.25, 0.3) is 11.5 Å². The third-order valence-corrected chi connectivity index (χ3v) is 3.18. The van der Waals surface area contributed by atoms with E-state index in [2.05, 4.69) is 15.8 Å². The van der Waals surface area contributed by atoms with Crippen molar-refractivity contribution in [3.05, 3.63) is 30.2 Å². The molecule has 2 N–H and O–H groups in total. The average Bonchev–Trinajstić information content (AvgIpc) is 3.14. The van der Waals surface area contributed by atoms with Crippen LogP contribution in [0.3, 0.4) is 0 Å². The van der Waals surface area contributed by atoms with Gasteiger partial charge in [-0.2, -0.15) is 0 Å². The maximum atomic E-state index is 11.9. The van der Waals surface area contributed by atoms with E-state index in [9.17, 15) is 4.79 Å². The van der Waals surface area contributed by atoms with Crippen molar-refractivity contribution in [2.45, 2.75) is 18.9 Å². The Morgan fingerprint density at radius 2 is 2.47 bits per heavy atom. The molecule has 100 valence electrons. The molecule has 1 atom stereocenters. The second-order valence-corrected chi connectivity index (χ2v) is 4.56. The predicted octanol–water partition coefficient (Wildman–Crippen LogP) is 1.42. The maximum absolute atomic E-state index is 11.9. The van der Waals surface area contributed by atoms with Crippen LogP contribution in [0.5, 0.6) is 0 Å². The number of nitrogens with one attached hydrogen (secondary N) is 2. The number of hydrogen-bond acceptors (Lipinski definition) is 5. The Hall–Kier alpha value is -2.08. The topological polar surface area (TPSA) is 80.3 Å². The fraction of sp³-hybridized carbons (Fsp3) is 0.385. The number of carbonyl (C=O) groups is 1. The minimum atomic E-state index is -0.227. The summed E-state index contributed by atoms with van der Waals surface area (Å²) in [5, 5.41) is 9.91. The molecule has 6 nitrogen and oxygen atoms in total. The van der Waals surface area contributed by atoms with Crippen LogP contribution in [0, 0.1) is 0 Å². The molecule has 1 unspecified atom stereocenters. The molecule has 19 heavy (non-hydrogen) atoms. The molecule has 0 bridgehead atoms. The number of carbonyl (C=O) groups excluding carboxylic acids is 1. The van der Waals surface area contributed by atoms with Crippen LogP contribution >= 0.6 is 0 Å². The van der Waals surface area contributed by atoms with Gasteiger partial charge < -0.3 is 19.6 Å². The lowest BCUT2D eigenvalue weighted by atomic mass is 10.2. The van der Waals surface area contributed by atoms with Gasteiger partial charge in [0.05, 0.1) is 6.26 Å². The molecule has 0 radical (unpaired) electrons. The monoisotopic (exact) mass is 261 g/mol. The highest BCUT2D eigenvalue weighted by molar-refractivity contribution is 5.92. The molecule has 0 saturated carbocycles. The van der Waals surface area contributed by atoms with Gasteiger partial charge >= 0.3 is 0 Å². The van der Waals surface area contributed by atoms with Crippen LogP contribution in [-0.2, 0) is 0 Å². The molecule has 1 aliphatic heterocycles. The van der Waals surface area contributed by atoms with E-state index < -0.39 is 0 Å². The minimum absolute atomic E-state index is 0.227. The normalized spacial score (nSPS) is 18.6. The second-order valence-electron chi connectivity index (χ2n) is 4.56. The van der Waals surface area contributed by atoms with Crippen molar-refractivity contribution in [1.82, 2.24) is 15.8 Å². The SMILES string of the molecule is O=C(NCC1CCCN1)c1cc(-c2ccco2)on1. The summed E-state index contributed by atoms with van der Waals surface area (Å²) in [5.41, 5.74) is 0.268. The van der Waals surface area contributed by atoms with E-state index >= 15 is 0 Å². The molecule has 2 aromatic rings. The molecular formula is C13H15N3O3. The Labute approximate surface area is 110 Å². The quantitative estimate of drug-likeness (QED) is 0.870. The Morgan fingerprint density at radius 1 is 1.53 bits per heavy atom. The zero-order chi connectivity index (χ0) is 13.1. The van der Waals surface area contributed by atoms with Crippen LogP contribution in [-0.4, -0.2) is 30.2 Å². The smallest absolute Gasteiger partial charge is 0.273 e. The van der Waals surface area contributed by atoms with Gasteiger partial charge in [0.25, 0.3) is 5.91 Å². The second kappa shape index (κ2) is 5.27. The van der Waals surface area contributed by atoms with E-state index in [1.807, 2.05) is 0 Å². The summed E-state index contributed by atoms with van der Waals surface area (Å²) >= 11 is 0. The van der Waals surface area contributed by atoms with Gasteiger partial charge in [-0.05, 0) is 31.5 Å². The Morgan fingerprint density at radius 3 is 3.21 bits per heavy atom. The molecule has 6 heteroatoms. The fourth-order valence-corrected chi connectivity index (χ4v) is 2.15. The van der Waals surface area contributed by atoms with Crippen molar-refractivity contribution in [3.63, 3.8) is 0 Å². The van der Waals surface area contributed by atoms with Gasteiger partial charge in [0.1, 0.15) is 0 Å². The predicted molar refractivity (Wildman–Crippen MR) is 67.6 cm³/mol. The lowest BCUT2D eigenvalue weighted by Crippen LogP contribution is -2.37. The van der Waals surface area contributed by atoms with Gasteiger partial charge in [-0.15, -0.1) is 0 Å². The summed E-state index contributed by atoms with van der Waals surface area (Å²) in [6, 6.07) is 5.45. The van der Waals surface area contributed by atoms with Crippen molar-refractivity contribution >= 4 is 5.91 Å². The highest BCUT2D eigenvalue weighted by Gasteiger charge is 2.18. The van der Waals surface area contributed by atoms with E-state index in [0.29, 0.717) is 24.1 Å². The number of amides is 1. The summed E-state index contributed by atoms with van der Waals surface area (Å²) in [7, 11) is 0.